The van der Waals surface area contributed by atoms with E-state index in [9.17, 15) is 4.79 Å². The van der Waals surface area contributed by atoms with Gasteiger partial charge >= 0.3 is 6.09 Å². The van der Waals surface area contributed by atoms with E-state index in [1.165, 1.54) is 11.3 Å². The number of anilines is 1. The molecule has 1 heterocycles. The van der Waals surface area contributed by atoms with Crippen molar-refractivity contribution in [2.75, 3.05) is 11.9 Å². The van der Waals surface area contributed by atoms with Crippen LogP contribution in [-0.4, -0.2) is 17.7 Å². The quantitative estimate of drug-likeness (QED) is 0.894. The SMILES string of the molecule is CCOC(=O)Nc1nc2c(Cl)cccc2s1. The Labute approximate surface area is 101 Å². The minimum absolute atomic E-state index is 0.331. The number of nitrogens with one attached hydrogen (secondary N) is 1. The number of para-hydroxylation sites is 1. The molecule has 0 aliphatic heterocycles. The average Bonchev–Trinajstić information content (AvgIpc) is 2.62. The van der Waals surface area contributed by atoms with Gasteiger partial charge in [0.2, 0.25) is 0 Å². The Morgan fingerprint density at radius 2 is 2.44 bits per heavy atom. The Balaban J connectivity index is 2.26. The Morgan fingerprint density at radius 3 is 3.12 bits per heavy atom. The molecule has 0 spiro atoms. The lowest BCUT2D eigenvalue weighted by atomic mass is 10.3. The van der Waals surface area contributed by atoms with Crippen LogP contribution in [-0.2, 0) is 4.74 Å². The van der Waals surface area contributed by atoms with Crippen LogP contribution in [0.15, 0.2) is 18.2 Å². The minimum atomic E-state index is -0.502. The second-order valence-corrected chi connectivity index (χ2v) is 4.39. The summed E-state index contributed by atoms with van der Waals surface area (Å²) < 4.78 is 5.69. The maximum atomic E-state index is 11.2. The number of hydrogen-bond acceptors (Lipinski definition) is 4. The molecule has 0 unspecified atom stereocenters. The van der Waals surface area contributed by atoms with Crippen molar-refractivity contribution in [2.45, 2.75) is 6.92 Å². The average molecular weight is 257 g/mol. The lowest BCUT2D eigenvalue weighted by Crippen LogP contribution is -2.12. The van der Waals surface area contributed by atoms with Crippen LogP contribution >= 0.6 is 22.9 Å². The minimum Gasteiger partial charge on any atom is -0.450 e. The van der Waals surface area contributed by atoms with Gasteiger partial charge in [0.1, 0.15) is 5.52 Å². The number of carbonyl (C=O) groups excluding carboxylic acids is 1. The normalized spacial score (nSPS) is 10.4. The van der Waals surface area contributed by atoms with Crippen LogP contribution in [0.4, 0.5) is 9.93 Å². The van der Waals surface area contributed by atoms with Crippen LogP contribution in [0.1, 0.15) is 6.92 Å². The standard InChI is InChI=1S/C10H9ClN2O2S/c1-2-15-10(14)13-9-12-8-6(11)4-3-5-7(8)16-9/h3-5H,2H2,1H3,(H,12,13,14). The molecule has 16 heavy (non-hydrogen) atoms. The van der Waals surface area contributed by atoms with Gasteiger partial charge in [0.05, 0.1) is 16.3 Å². The van der Waals surface area contributed by atoms with Gasteiger partial charge in [-0.3, -0.25) is 5.32 Å². The Bertz CT molecular complexity index is 527. The number of ether oxygens (including phenoxy) is 1. The van der Waals surface area contributed by atoms with Gasteiger partial charge in [-0.2, -0.15) is 0 Å². The number of thiazole rings is 1. The maximum Gasteiger partial charge on any atom is 0.413 e. The zero-order chi connectivity index (χ0) is 11.5. The molecule has 1 aromatic heterocycles. The molecular formula is C10H9ClN2O2S. The van der Waals surface area contributed by atoms with Gasteiger partial charge in [0.25, 0.3) is 0 Å². The van der Waals surface area contributed by atoms with Crippen LogP contribution in [0.2, 0.25) is 5.02 Å². The molecule has 84 valence electrons. The molecule has 1 N–H and O–H groups in total. The van der Waals surface area contributed by atoms with Crippen molar-refractivity contribution in [3.63, 3.8) is 0 Å². The third-order valence-electron chi connectivity index (χ3n) is 1.85. The maximum absolute atomic E-state index is 11.2. The molecular weight excluding hydrogens is 248 g/mol. The number of rotatable bonds is 2. The Hall–Kier alpha value is -1.33. The summed E-state index contributed by atoms with van der Waals surface area (Å²) in [4.78, 5) is 15.4. The van der Waals surface area contributed by atoms with Crippen molar-refractivity contribution < 1.29 is 9.53 Å². The molecule has 0 bridgehead atoms. The van der Waals surface area contributed by atoms with Gasteiger partial charge in [0, 0.05) is 0 Å². The van der Waals surface area contributed by atoms with Gasteiger partial charge in [-0.1, -0.05) is 29.0 Å². The third-order valence-corrected chi connectivity index (χ3v) is 3.10. The molecule has 0 radical (unpaired) electrons. The fourth-order valence-corrected chi connectivity index (χ4v) is 2.37. The van der Waals surface area contributed by atoms with Crippen LogP contribution in [0.3, 0.4) is 0 Å². The van der Waals surface area contributed by atoms with Crippen LogP contribution in [0, 0.1) is 0 Å². The van der Waals surface area contributed by atoms with E-state index in [4.69, 9.17) is 16.3 Å². The van der Waals surface area contributed by atoms with Crippen molar-refractivity contribution in [1.29, 1.82) is 0 Å². The molecule has 1 amide bonds. The first-order valence-corrected chi connectivity index (χ1v) is 5.89. The van der Waals surface area contributed by atoms with E-state index in [0.29, 0.717) is 22.3 Å². The lowest BCUT2D eigenvalue weighted by molar-refractivity contribution is 0.168. The summed E-state index contributed by atoms with van der Waals surface area (Å²) in [6.45, 7) is 2.08. The topological polar surface area (TPSA) is 51.2 Å². The summed E-state index contributed by atoms with van der Waals surface area (Å²) in [5.41, 5.74) is 0.695. The van der Waals surface area contributed by atoms with Crippen LogP contribution in [0.5, 0.6) is 0 Å². The van der Waals surface area contributed by atoms with E-state index in [1.54, 1.807) is 13.0 Å². The van der Waals surface area contributed by atoms with E-state index in [2.05, 4.69) is 10.3 Å². The fourth-order valence-electron chi connectivity index (χ4n) is 1.22. The van der Waals surface area contributed by atoms with Gasteiger partial charge in [0.15, 0.2) is 5.13 Å². The summed E-state index contributed by atoms with van der Waals surface area (Å²) in [6, 6.07) is 5.50. The first-order valence-electron chi connectivity index (χ1n) is 4.69. The van der Waals surface area contributed by atoms with Crippen molar-refractivity contribution >= 4 is 44.4 Å². The predicted octanol–water partition coefficient (Wildman–Crippen LogP) is 3.52. The fraction of sp³-hybridized carbons (Fsp3) is 0.200. The number of halogens is 1. The van der Waals surface area contributed by atoms with E-state index in [1.807, 2.05) is 12.1 Å². The molecule has 2 aromatic rings. The largest absolute Gasteiger partial charge is 0.450 e. The summed E-state index contributed by atoms with van der Waals surface area (Å²) in [7, 11) is 0. The lowest BCUT2D eigenvalue weighted by Gasteiger charge is -1.99. The molecule has 0 aliphatic carbocycles. The van der Waals surface area contributed by atoms with Gasteiger partial charge in [-0.25, -0.2) is 9.78 Å². The summed E-state index contributed by atoms with van der Waals surface area (Å²) in [6.07, 6.45) is -0.502. The molecule has 1 aromatic carbocycles. The molecule has 4 nitrogen and oxygen atoms in total. The molecule has 0 atom stereocenters. The monoisotopic (exact) mass is 256 g/mol. The molecule has 0 aliphatic rings. The van der Waals surface area contributed by atoms with Crippen molar-refractivity contribution in [2.24, 2.45) is 0 Å². The highest BCUT2D eigenvalue weighted by molar-refractivity contribution is 7.22. The van der Waals surface area contributed by atoms with E-state index >= 15 is 0 Å². The smallest absolute Gasteiger partial charge is 0.413 e. The highest BCUT2D eigenvalue weighted by atomic mass is 35.5. The zero-order valence-electron chi connectivity index (χ0n) is 8.49. The molecule has 0 saturated carbocycles. The van der Waals surface area contributed by atoms with Gasteiger partial charge in [-0.15, -0.1) is 0 Å². The van der Waals surface area contributed by atoms with Gasteiger partial charge < -0.3 is 4.74 Å². The first kappa shape index (κ1) is 11.2. The Morgan fingerprint density at radius 1 is 1.62 bits per heavy atom. The Kier molecular flexibility index (Phi) is 3.26. The number of hydrogen-bond donors (Lipinski definition) is 1. The third kappa shape index (κ3) is 2.25. The van der Waals surface area contributed by atoms with Crippen molar-refractivity contribution in [3.05, 3.63) is 23.2 Å². The number of nitrogens with zero attached hydrogens (tertiary/aromatic N) is 1. The zero-order valence-corrected chi connectivity index (χ0v) is 10.1. The van der Waals surface area contributed by atoms with Gasteiger partial charge in [-0.05, 0) is 19.1 Å². The molecule has 6 heteroatoms. The first-order chi connectivity index (χ1) is 7.70. The molecule has 0 fully saturated rings. The number of aromatic nitrogens is 1. The van der Waals surface area contributed by atoms with E-state index < -0.39 is 6.09 Å². The number of fused-ring (bicyclic) bond motifs is 1. The van der Waals surface area contributed by atoms with E-state index in [0.717, 1.165) is 4.70 Å². The second-order valence-electron chi connectivity index (χ2n) is 2.95. The van der Waals surface area contributed by atoms with Crippen LogP contribution in [0.25, 0.3) is 10.2 Å². The summed E-state index contributed by atoms with van der Waals surface area (Å²) in [5, 5.41) is 3.61. The highest BCUT2D eigenvalue weighted by Gasteiger charge is 2.09. The van der Waals surface area contributed by atoms with E-state index in [-0.39, 0.29) is 0 Å². The molecule has 0 saturated heterocycles. The summed E-state index contributed by atoms with van der Waals surface area (Å²) in [5.74, 6) is 0. The predicted molar refractivity (Wildman–Crippen MR) is 65.3 cm³/mol. The number of carbonyl (C=O) groups is 1. The summed E-state index contributed by atoms with van der Waals surface area (Å²) >= 11 is 7.33. The number of benzene rings is 1. The van der Waals surface area contributed by atoms with Crippen LogP contribution < -0.4 is 5.32 Å². The molecule has 2 rings (SSSR count). The van der Waals surface area contributed by atoms with Crippen molar-refractivity contribution in [3.8, 4) is 0 Å². The number of amides is 1. The second kappa shape index (κ2) is 4.67. The highest BCUT2D eigenvalue weighted by Crippen LogP contribution is 2.30. The van der Waals surface area contributed by atoms with Crippen molar-refractivity contribution in [1.82, 2.24) is 4.98 Å².